The van der Waals surface area contributed by atoms with Crippen molar-refractivity contribution in [3.8, 4) is 0 Å². The molecule has 1 aromatic rings. The molecular formula is C6H6MnN. The number of pyridine rings is 1. The quantitative estimate of drug-likeness (QED) is 0.503. The van der Waals surface area contributed by atoms with Gasteiger partial charge in [0.1, 0.15) is 0 Å². The van der Waals surface area contributed by atoms with Gasteiger partial charge in [0.05, 0.1) is 0 Å². The molecule has 0 aliphatic heterocycles. The monoisotopic (exact) mass is 147 g/mol. The van der Waals surface area contributed by atoms with Crippen LogP contribution in [0.2, 0.25) is 0 Å². The fraction of sp³-hybridized carbons (Fsp3) is 0. The van der Waals surface area contributed by atoms with Crippen LogP contribution in [0.3, 0.4) is 0 Å². The van der Waals surface area contributed by atoms with Crippen LogP contribution in [0.1, 0.15) is 5.69 Å². The molecule has 2 heteroatoms. The van der Waals surface area contributed by atoms with Crippen LogP contribution in [0.5, 0.6) is 0 Å². The molecule has 42 valence electrons. The molecule has 2 radical (unpaired) electrons. The van der Waals surface area contributed by atoms with Crippen LogP contribution >= 0.6 is 0 Å². The molecule has 1 heterocycles. The van der Waals surface area contributed by atoms with E-state index in [0.29, 0.717) is 0 Å². The first-order valence-corrected chi connectivity index (χ1v) is 2.12. The maximum Gasteiger partial charge on any atom is 0.0407 e. The Balaban J connectivity index is 0.000000490. The van der Waals surface area contributed by atoms with Gasteiger partial charge in [-0.1, -0.05) is 6.07 Å². The number of nitrogens with zero attached hydrogens (tertiary/aromatic N) is 1. The first-order valence-electron chi connectivity index (χ1n) is 2.12. The molecule has 0 N–H and O–H groups in total. The SMILES string of the molecule is [CH2]c1ccccn1.[Mn]. The minimum atomic E-state index is 0. The first kappa shape index (κ1) is 7.67. The van der Waals surface area contributed by atoms with Gasteiger partial charge >= 0.3 is 0 Å². The summed E-state index contributed by atoms with van der Waals surface area (Å²) in [5, 5.41) is 0. The third-order valence-electron chi connectivity index (χ3n) is 0.726. The Morgan fingerprint density at radius 2 is 2.12 bits per heavy atom. The van der Waals surface area contributed by atoms with Crippen molar-refractivity contribution in [1.82, 2.24) is 4.98 Å². The van der Waals surface area contributed by atoms with E-state index in [0.717, 1.165) is 5.69 Å². The van der Waals surface area contributed by atoms with Crippen LogP contribution in [-0.2, 0) is 17.1 Å². The van der Waals surface area contributed by atoms with Gasteiger partial charge < -0.3 is 0 Å². The number of rotatable bonds is 0. The summed E-state index contributed by atoms with van der Waals surface area (Å²) in [6.45, 7) is 3.61. The maximum absolute atomic E-state index is 3.87. The molecular weight excluding hydrogens is 141 g/mol. The van der Waals surface area contributed by atoms with Crippen molar-refractivity contribution >= 4 is 0 Å². The molecule has 0 saturated carbocycles. The van der Waals surface area contributed by atoms with E-state index >= 15 is 0 Å². The Hall–Kier alpha value is -0.331. The van der Waals surface area contributed by atoms with E-state index in [9.17, 15) is 0 Å². The molecule has 0 spiro atoms. The summed E-state index contributed by atoms with van der Waals surface area (Å²) in [7, 11) is 0. The van der Waals surface area contributed by atoms with Gasteiger partial charge in [-0.25, -0.2) is 0 Å². The summed E-state index contributed by atoms with van der Waals surface area (Å²) in [5.41, 5.74) is 0.822. The van der Waals surface area contributed by atoms with Crippen LogP contribution in [0, 0.1) is 6.92 Å². The second kappa shape index (κ2) is 3.64. The fourth-order valence-electron chi connectivity index (χ4n) is 0.398. The van der Waals surface area contributed by atoms with Crippen molar-refractivity contribution in [1.29, 1.82) is 0 Å². The Labute approximate surface area is 59.6 Å². The van der Waals surface area contributed by atoms with Crippen molar-refractivity contribution in [3.05, 3.63) is 37.0 Å². The van der Waals surface area contributed by atoms with Crippen molar-refractivity contribution in [2.45, 2.75) is 0 Å². The summed E-state index contributed by atoms with van der Waals surface area (Å²) in [4.78, 5) is 3.87. The Morgan fingerprint density at radius 3 is 2.38 bits per heavy atom. The molecule has 8 heavy (non-hydrogen) atoms. The van der Waals surface area contributed by atoms with Crippen molar-refractivity contribution in [2.75, 3.05) is 0 Å². The largest absolute Gasteiger partial charge is 0.261 e. The zero-order valence-electron chi connectivity index (χ0n) is 4.34. The molecule has 1 nitrogen and oxygen atoms in total. The molecule has 0 aliphatic carbocycles. The van der Waals surface area contributed by atoms with Gasteiger partial charge in [0.2, 0.25) is 0 Å². The van der Waals surface area contributed by atoms with Crippen molar-refractivity contribution < 1.29 is 17.1 Å². The average Bonchev–Trinajstić information content (AvgIpc) is 1.69. The molecule has 0 atom stereocenters. The Kier molecular flexibility index (Phi) is 3.49. The Morgan fingerprint density at radius 1 is 1.38 bits per heavy atom. The average molecular weight is 147 g/mol. The standard InChI is InChI=1S/C6H6N.Mn/c1-6-4-2-3-5-7-6;/h2-5H,1H2;. The summed E-state index contributed by atoms with van der Waals surface area (Å²) in [5.74, 6) is 0. The van der Waals surface area contributed by atoms with Gasteiger partial charge in [0.15, 0.2) is 0 Å². The molecule has 0 aromatic carbocycles. The zero-order chi connectivity index (χ0) is 5.11. The minimum absolute atomic E-state index is 0. The van der Waals surface area contributed by atoms with Gasteiger partial charge in [-0.3, -0.25) is 4.98 Å². The van der Waals surface area contributed by atoms with Crippen molar-refractivity contribution in [3.63, 3.8) is 0 Å². The van der Waals surface area contributed by atoms with E-state index in [1.807, 2.05) is 18.2 Å². The second-order valence-electron chi connectivity index (χ2n) is 1.32. The summed E-state index contributed by atoms with van der Waals surface area (Å²) in [6, 6.07) is 5.64. The van der Waals surface area contributed by atoms with Crippen LogP contribution in [0.25, 0.3) is 0 Å². The van der Waals surface area contributed by atoms with Crippen LogP contribution in [0.4, 0.5) is 0 Å². The van der Waals surface area contributed by atoms with Crippen LogP contribution in [-0.4, -0.2) is 4.98 Å². The van der Waals surface area contributed by atoms with Gasteiger partial charge in [-0.2, -0.15) is 0 Å². The van der Waals surface area contributed by atoms with Gasteiger partial charge in [-0.15, -0.1) is 0 Å². The number of hydrogen-bond donors (Lipinski definition) is 0. The number of hydrogen-bond acceptors (Lipinski definition) is 1. The van der Waals surface area contributed by atoms with Crippen LogP contribution < -0.4 is 0 Å². The van der Waals surface area contributed by atoms with E-state index in [2.05, 4.69) is 11.9 Å². The van der Waals surface area contributed by atoms with E-state index in [1.165, 1.54) is 0 Å². The van der Waals surface area contributed by atoms with E-state index in [1.54, 1.807) is 6.20 Å². The summed E-state index contributed by atoms with van der Waals surface area (Å²) in [6.07, 6.45) is 1.72. The third-order valence-corrected chi connectivity index (χ3v) is 0.726. The molecule has 0 saturated heterocycles. The van der Waals surface area contributed by atoms with E-state index < -0.39 is 0 Å². The smallest absolute Gasteiger partial charge is 0.0407 e. The molecule has 0 fully saturated rings. The molecule has 0 unspecified atom stereocenters. The minimum Gasteiger partial charge on any atom is -0.261 e. The maximum atomic E-state index is 3.87. The molecule has 0 aliphatic rings. The topological polar surface area (TPSA) is 12.9 Å². The third kappa shape index (κ3) is 2.10. The second-order valence-corrected chi connectivity index (χ2v) is 1.32. The fourth-order valence-corrected chi connectivity index (χ4v) is 0.398. The Bertz CT molecular complexity index is 138. The predicted molar refractivity (Wildman–Crippen MR) is 28.7 cm³/mol. The predicted octanol–water partition coefficient (Wildman–Crippen LogP) is 1.26. The number of aromatic nitrogens is 1. The molecule has 0 bridgehead atoms. The summed E-state index contributed by atoms with van der Waals surface area (Å²) < 4.78 is 0. The summed E-state index contributed by atoms with van der Waals surface area (Å²) >= 11 is 0. The zero-order valence-corrected chi connectivity index (χ0v) is 5.52. The van der Waals surface area contributed by atoms with Gasteiger partial charge in [0, 0.05) is 29.0 Å². The molecule has 1 aromatic heterocycles. The van der Waals surface area contributed by atoms with Gasteiger partial charge in [-0.05, 0) is 19.1 Å². The molecule has 1 rings (SSSR count). The van der Waals surface area contributed by atoms with E-state index in [-0.39, 0.29) is 17.1 Å². The van der Waals surface area contributed by atoms with Gasteiger partial charge in [0.25, 0.3) is 0 Å². The van der Waals surface area contributed by atoms with Crippen LogP contribution in [0.15, 0.2) is 24.4 Å². The molecule has 0 amide bonds. The normalized spacial score (nSPS) is 7.62. The van der Waals surface area contributed by atoms with E-state index in [4.69, 9.17) is 0 Å². The first-order chi connectivity index (χ1) is 3.39. The van der Waals surface area contributed by atoms with Crippen molar-refractivity contribution in [2.24, 2.45) is 0 Å².